The van der Waals surface area contributed by atoms with Gasteiger partial charge in [0.05, 0.1) is 0 Å². The number of hydrogen-bond donors (Lipinski definition) is 0. The van der Waals surface area contributed by atoms with Gasteiger partial charge in [-0.15, -0.1) is 0 Å². The van der Waals surface area contributed by atoms with Crippen molar-refractivity contribution in [3.8, 4) is 0 Å². The molecular formula is C7H12O2. The Hall–Kier alpha value is -0.530. The smallest absolute Gasteiger partial charge is 0.316 e. The molecule has 0 atom stereocenters. The van der Waals surface area contributed by atoms with Gasteiger partial charge in [0, 0.05) is 0 Å². The monoisotopic (exact) mass is 128 g/mol. The van der Waals surface area contributed by atoms with Crippen molar-refractivity contribution in [2.45, 2.75) is 33.3 Å². The van der Waals surface area contributed by atoms with Crippen LogP contribution in [-0.4, -0.2) is 11.6 Å². The van der Waals surface area contributed by atoms with Crippen LogP contribution in [0.4, 0.5) is 0 Å². The zero-order valence-corrected chi connectivity index (χ0v) is 6.32. The lowest BCUT2D eigenvalue weighted by Gasteiger charge is -2.48. The van der Waals surface area contributed by atoms with Gasteiger partial charge < -0.3 is 4.74 Å². The summed E-state index contributed by atoms with van der Waals surface area (Å²) in [5.41, 5.74) is -0.545. The number of rotatable bonds is 0. The lowest BCUT2D eigenvalue weighted by atomic mass is 9.72. The Bertz CT molecular complexity index is 156. The van der Waals surface area contributed by atoms with Crippen LogP contribution in [0.1, 0.15) is 27.7 Å². The standard InChI is InChI=1S/C7H12O2/c1-6(2)5(8)9-7(6,3)4/h1-4H3. The van der Waals surface area contributed by atoms with Gasteiger partial charge in [0.25, 0.3) is 0 Å². The number of carbonyl (C=O) groups is 1. The second kappa shape index (κ2) is 1.31. The van der Waals surface area contributed by atoms with E-state index in [0.717, 1.165) is 0 Å². The highest BCUT2D eigenvalue weighted by Crippen LogP contribution is 2.44. The highest BCUT2D eigenvalue weighted by atomic mass is 16.6. The first-order valence-corrected chi connectivity index (χ1v) is 3.11. The fourth-order valence-electron chi connectivity index (χ4n) is 0.686. The predicted molar refractivity (Wildman–Crippen MR) is 34.0 cm³/mol. The Labute approximate surface area is 55.2 Å². The minimum absolute atomic E-state index is 0.0903. The molecule has 0 unspecified atom stereocenters. The van der Waals surface area contributed by atoms with E-state index in [1.165, 1.54) is 0 Å². The molecule has 0 aliphatic carbocycles. The highest BCUT2D eigenvalue weighted by molar-refractivity contribution is 5.83. The summed E-state index contributed by atoms with van der Waals surface area (Å²) in [5, 5.41) is 0. The van der Waals surface area contributed by atoms with Crippen LogP contribution < -0.4 is 0 Å². The SMILES string of the molecule is CC1(C)OC(=O)C1(C)C. The Morgan fingerprint density at radius 1 is 1.22 bits per heavy atom. The minimum atomic E-state index is -0.285. The second-order valence-corrected chi connectivity index (χ2v) is 3.52. The van der Waals surface area contributed by atoms with E-state index >= 15 is 0 Å². The molecule has 9 heavy (non-hydrogen) atoms. The summed E-state index contributed by atoms with van der Waals surface area (Å²) in [6.45, 7) is 7.65. The molecule has 1 heterocycles. The molecule has 0 aromatic carbocycles. The lowest BCUT2D eigenvalue weighted by Crippen LogP contribution is -2.60. The summed E-state index contributed by atoms with van der Waals surface area (Å²) >= 11 is 0. The zero-order chi connectivity index (χ0) is 7.28. The molecule has 1 aliphatic rings. The van der Waals surface area contributed by atoms with E-state index in [4.69, 9.17) is 4.74 Å². The van der Waals surface area contributed by atoms with Gasteiger partial charge in [-0.25, -0.2) is 0 Å². The van der Waals surface area contributed by atoms with Gasteiger partial charge in [-0.2, -0.15) is 0 Å². The van der Waals surface area contributed by atoms with Crippen molar-refractivity contribution in [1.29, 1.82) is 0 Å². The number of esters is 1. The average Bonchev–Trinajstić information content (AvgIpc) is 1.65. The molecule has 52 valence electrons. The van der Waals surface area contributed by atoms with Crippen molar-refractivity contribution in [1.82, 2.24) is 0 Å². The Morgan fingerprint density at radius 3 is 1.67 bits per heavy atom. The average molecular weight is 128 g/mol. The molecule has 0 N–H and O–H groups in total. The molecule has 1 aliphatic heterocycles. The van der Waals surface area contributed by atoms with Crippen molar-refractivity contribution in [2.75, 3.05) is 0 Å². The van der Waals surface area contributed by atoms with E-state index in [1.54, 1.807) is 0 Å². The van der Waals surface area contributed by atoms with Crippen molar-refractivity contribution in [3.63, 3.8) is 0 Å². The van der Waals surface area contributed by atoms with Gasteiger partial charge in [-0.05, 0) is 27.7 Å². The van der Waals surface area contributed by atoms with Gasteiger partial charge in [0.1, 0.15) is 11.0 Å². The third kappa shape index (κ3) is 0.590. The molecule has 2 nitrogen and oxygen atoms in total. The topological polar surface area (TPSA) is 26.3 Å². The fraction of sp³-hybridized carbons (Fsp3) is 0.857. The van der Waals surface area contributed by atoms with Crippen LogP contribution in [0.5, 0.6) is 0 Å². The van der Waals surface area contributed by atoms with Crippen LogP contribution in [-0.2, 0) is 9.53 Å². The van der Waals surface area contributed by atoms with Crippen LogP contribution in [0.25, 0.3) is 0 Å². The number of carbonyl (C=O) groups excluding carboxylic acids is 1. The minimum Gasteiger partial charge on any atom is -0.458 e. The number of cyclic esters (lactones) is 1. The lowest BCUT2D eigenvalue weighted by molar-refractivity contribution is -0.225. The maximum Gasteiger partial charge on any atom is 0.316 e. The summed E-state index contributed by atoms with van der Waals surface area (Å²) in [6, 6.07) is 0. The summed E-state index contributed by atoms with van der Waals surface area (Å²) in [4.78, 5) is 10.7. The molecule has 0 aromatic heterocycles. The van der Waals surface area contributed by atoms with E-state index in [-0.39, 0.29) is 17.0 Å². The maximum atomic E-state index is 10.7. The first kappa shape index (κ1) is 6.59. The molecule has 0 radical (unpaired) electrons. The molecule has 1 fully saturated rings. The largest absolute Gasteiger partial charge is 0.458 e. The summed E-state index contributed by atoms with van der Waals surface area (Å²) in [7, 11) is 0. The summed E-state index contributed by atoms with van der Waals surface area (Å²) in [5.74, 6) is -0.0903. The van der Waals surface area contributed by atoms with Crippen molar-refractivity contribution >= 4 is 5.97 Å². The molecule has 0 bridgehead atoms. The van der Waals surface area contributed by atoms with E-state index < -0.39 is 0 Å². The van der Waals surface area contributed by atoms with Gasteiger partial charge in [0.2, 0.25) is 0 Å². The van der Waals surface area contributed by atoms with Crippen LogP contribution in [0, 0.1) is 5.41 Å². The second-order valence-electron chi connectivity index (χ2n) is 3.52. The van der Waals surface area contributed by atoms with Gasteiger partial charge in [0.15, 0.2) is 0 Å². The molecule has 0 spiro atoms. The first-order chi connectivity index (χ1) is 3.88. The first-order valence-electron chi connectivity index (χ1n) is 3.11. The van der Waals surface area contributed by atoms with Gasteiger partial charge >= 0.3 is 5.97 Å². The Balaban J connectivity index is 2.82. The molecule has 2 heteroatoms. The zero-order valence-electron chi connectivity index (χ0n) is 6.32. The predicted octanol–water partition coefficient (Wildman–Crippen LogP) is 1.35. The molecule has 1 rings (SSSR count). The van der Waals surface area contributed by atoms with E-state index in [1.807, 2.05) is 27.7 Å². The fourth-order valence-corrected chi connectivity index (χ4v) is 0.686. The summed E-state index contributed by atoms with van der Waals surface area (Å²) in [6.07, 6.45) is 0. The van der Waals surface area contributed by atoms with Crippen LogP contribution >= 0.6 is 0 Å². The summed E-state index contributed by atoms with van der Waals surface area (Å²) < 4.78 is 4.90. The molecule has 0 saturated carbocycles. The highest BCUT2D eigenvalue weighted by Gasteiger charge is 2.56. The van der Waals surface area contributed by atoms with Crippen LogP contribution in [0.3, 0.4) is 0 Å². The van der Waals surface area contributed by atoms with E-state index in [9.17, 15) is 4.79 Å². The van der Waals surface area contributed by atoms with Crippen molar-refractivity contribution in [2.24, 2.45) is 5.41 Å². The normalized spacial score (nSPS) is 28.7. The number of ether oxygens (including phenoxy) is 1. The quantitative estimate of drug-likeness (QED) is 0.460. The maximum absolute atomic E-state index is 10.7. The van der Waals surface area contributed by atoms with Crippen LogP contribution in [0.2, 0.25) is 0 Å². The molecule has 0 amide bonds. The third-order valence-electron chi connectivity index (χ3n) is 2.36. The van der Waals surface area contributed by atoms with Crippen LogP contribution in [0.15, 0.2) is 0 Å². The Morgan fingerprint density at radius 2 is 1.67 bits per heavy atom. The molecular weight excluding hydrogens is 116 g/mol. The Kier molecular flexibility index (Phi) is 0.956. The van der Waals surface area contributed by atoms with Gasteiger partial charge in [-0.3, -0.25) is 4.79 Å². The molecule has 1 saturated heterocycles. The molecule has 0 aromatic rings. The van der Waals surface area contributed by atoms with E-state index in [0.29, 0.717) is 0 Å². The number of hydrogen-bond acceptors (Lipinski definition) is 2. The van der Waals surface area contributed by atoms with Crippen molar-refractivity contribution < 1.29 is 9.53 Å². The van der Waals surface area contributed by atoms with E-state index in [2.05, 4.69) is 0 Å². The third-order valence-corrected chi connectivity index (χ3v) is 2.36. The van der Waals surface area contributed by atoms with Crippen molar-refractivity contribution in [3.05, 3.63) is 0 Å². The van der Waals surface area contributed by atoms with Gasteiger partial charge in [-0.1, -0.05) is 0 Å².